The van der Waals surface area contributed by atoms with Crippen molar-refractivity contribution in [3.63, 3.8) is 0 Å². The molecule has 1 unspecified atom stereocenters. The van der Waals surface area contributed by atoms with E-state index in [2.05, 4.69) is 26.8 Å². The molecule has 3 aromatic heterocycles. The van der Waals surface area contributed by atoms with E-state index in [0.717, 1.165) is 5.82 Å². The number of likely N-dealkylation sites (N-methyl/N-ethyl adjacent to an activating group) is 1. The number of hydrogen-bond acceptors (Lipinski definition) is 4. The third-order valence-corrected chi connectivity index (χ3v) is 4.93. The Morgan fingerprint density at radius 3 is 2.71 bits per heavy atom. The van der Waals surface area contributed by atoms with Gasteiger partial charge in [0.25, 0.3) is 5.91 Å². The lowest BCUT2D eigenvalue weighted by Gasteiger charge is -2.23. The van der Waals surface area contributed by atoms with Gasteiger partial charge >= 0.3 is 0 Å². The Balaban J connectivity index is 1.76. The van der Waals surface area contributed by atoms with Crippen molar-refractivity contribution in [2.45, 2.75) is 6.04 Å². The SMILES string of the molecule is CN(C)C(CNC(=O)c1cnn(C)c1-n1cccc1)c1cccs1. The van der Waals surface area contributed by atoms with E-state index in [1.807, 2.05) is 56.3 Å². The van der Waals surface area contributed by atoms with Crippen molar-refractivity contribution >= 4 is 17.2 Å². The van der Waals surface area contributed by atoms with E-state index in [1.54, 1.807) is 22.2 Å². The number of carbonyl (C=O) groups is 1. The highest BCUT2D eigenvalue weighted by atomic mass is 32.1. The minimum absolute atomic E-state index is 0.116. The summed E-state index contributed by atoms with van der Waals surface area (Å²) < 4.78 is 3.60. The van der Waals surface area contributed by atoms with Gasteiger partial charge in [0.05, 0.1) is 12.2 Å². The Morgan fingerprint density at radius 2 is 2.08 bits per heavy atom. The van der Waals surface area contributed by atoms with E-state index in [-0.39, 0.29) is 11.9 Å². The number of carbonyl (C=O) groups excluding carboxylic acids is 1. The van der Waals surface area contributed by atoms with Crippen molar-refractivity contribution < 1.29 is 4.79 Å². The van der Waals surface area contributed by atoms with Gasteiger partial charge in [0.15, 0.2) is 0 Å². The molecule has 0 saturated carbocycles. The highest BCUT2D eigenvalue weighted by Crippen LogP contribution is 2.22. The summed E-state index contributed by atoms with van der Waals surface area (Å²) in [6.07, 6.45) is 5.42. The van der Waals surface area contributed by atoms with Crippen LogP contribution in [-0.4, -0.2) is 45.8 Å². The number of aromatic nitrogens is 3. The number of thiophene rings is 1. The minimum Gasteiger partial charge on any atom is -0.350 e. The van der Waals surface area contributed by atoms with E-state index >= 15 is 0 Å². The average molecular weight is 343 g/mol. The summed E-state index contributed by atoms with van der Waals surface area (Å²) in [5.41, 5.74) is 0.567. The molecule has 7 heteroatoms. The molecule has 3 aromatic rings. The fraction of sp³-hybridized carbons (Fsp3) is 0.294. The Kier molecular flexibility index (Phi) is 4.82. The Labute approximate surface area is 145 Å². The average Bonchev–Trinajstić information content (AvgIpc) is 3.27. The molecule has 3 rings (SSSR count). The molecule has 0 aliphatic carbocycles. The second-order valence-corrected chi connectivity index (χ2v) is 6.78. The monoisotopic (exact) mass is 343 g/mol. The third-order valence-electron chi connectivity index (χ3n) is 3.95. The summed E-state index contributed by atoms with van der Waals surface area (Å²) in [7, 11) is 5.87. The zero-order valence-corrected chi connectivity index (χ0v) is 14.8. The lowest BCUT2D eigenvalue weighted by Crippen LogP contribution is -2.34. The van der Waals surface area contributed by atoms with Gasteiger partial charge in [0.1, 0.15) is 11.4 Å². The summed E-state index contributed by atoms with van der Waals surface area (Å²) in [5, 5.41) is 9.33. The van der Waals surface area contributed by atoms with Crippen LogP contribution in [0.2, 0.25) is 0 Å². The first kappa shape index (κ1) is 16.5. The highest BCUT2D eigenvalue weighted by Gasteiger charge is 2.20. The van der Waals surface area contributed by atoms with Crippen LogP contribution in [-0.2, 0) is 7.05 Å². The standard InChI is InChI=1S/C17H21N5OS/c1-20(2)14(15-7-6-10-24-15)12-18-16(23)13-11-19-21(3)17(13)22-8-4-5-9-22/h4-11,14H,12H2,1-3H3,(H,18,23). The fourth-order valence-electron chi connectivity index (χ4n) is 2.68. The summed E-state index contributed by atoms with van der Waals surface area (Å²) in [5.74, 6) is 0.644. The third kappa shape index (κ3) is 3.27. The van der Waals surface area contributed by atoms with E-state index in [4.69, 9.17) is 0 Å². The van der Waals surface area contributed by atoms with Crippen molar-refractivity contribution in [3.05, 3.63) is 58.7 Å². The molecule has 0 bridgehead atoms. The molecule has 0 aromatic carbocycles. The van der Waals surface area contributed by atoms with Crippen LogP contribution in [0.4, 0.5) is 0 Å². The van der Waals surface area contributed by atoms with Crippen molar-refractivity contribution in [2.24, 2.45) is 7.05 Å². The molecule has 1 amide bonds. The highest BCUT2D eigenvalue weighted by molar-refractivity contribution is 7.10. The molecule has 0 spiro atoms. The topological polar surface area (TPSA) is 55.1 Å². The smallest absolute Gasteiger partial charge is 0.256 e. The van der Waals surface area contributed by atoms with E-state index < -0.39 is 0 Å². The summed E-state index contributed by atoms with van der Waals surface area (Å²) >= 11 is 1.70. The van der Waals surface area contributed by atoms with Crippen molar-refractivity contribution in [1.82, 2.24) is 24.6 Å². The Hall–Kier alpha value is -2.38. The molecular weight excluding hydrogens is 322 g/mol. The number of rotatable bonds is 6. The predicted octanol–water partition coefficient (Wildman–Crippen LogP) is 2.30. The first-order valence-corrected chi connectivity index (χ1v) is 8.59. The van der Waals surface area contributed by atoms with Gasteiger partial charge in [0, 0.05) is 30.9 Å². The largest absolute Gasteiger partial charge is 0.350 e. The van der Waals surface area contributed by atoms with Gasteiger partial charge in [-0.2, -0.15) is 5.10 Å². The molecule has 0 saturated heterocycles. The molecular formula is C17H21N5OS. The normalized spacial score (nSPS) is 12.5. The number of nitrogens with zero attached hydrogens (tertiary/aromatic N) is 4. The van der Waals surface area contributed by atoms with Gasteiger partial charge < -0.3 is 14.8 Å². The van der Waals surface area contributed by atoms with Crippen molar-refractivity contribution in [3.8, 4) is 5.82 Å². The van der Waals surface area contributed by atoms with Crippen LogP contribution in [0.25, 0.3) is 5.82 Å². The summed E-state index contributed by atoms with van der Waals surface area (Å²) in [6, 6.07) is 8.13. The minimum atomic E-state index is -0.116. The van der Waals surface area contributed by atoms with Crippen molar-refractivity contribution in [2.75, 3.05) is 20.6 Å². The predicted molar refractivity (Wildman–Crippen MR) is 95.6 cm³/mol. The molecule has 1 N–H and O–H groups in total. The van der Waals surface area contributed by atoms with Gasteiger partial charge in [-0.25, -0.2) is 0 Å². The number of amides is 1. The van der Waals surface area contributed by atoms with Crippen LogP contribution >= 0.6 is 11.3 Å². The van der Waals surface area contributed by atoms with Crippen LogP contribution in [0.5, 0.6) is 0 Å². The van der Waals surface area contributed by atoms with E-state index in [1.165, 1.54) is 4.88 Å². The van der Waals surface area contributed by atoms with Crippen LogP contribution in [0.3, 0.4) is 0 Å². The summed E-state index contributed by atoms with van der Waals surface area (Å²) in [4.78, 5) is 16.0. The number of nitrogens with one attached hydrogen (secondary N) is 1. The quantitative estimate of drug-likeness (QED) is 0.747. The molecule has 0 fully saturated rings. The first-order chi connectivity index (χ1) is 11.6. The van der Waals surface area contributed by atoms with Crippen molar-refractivity contribution in [1.29, 1.82) is 0 Å². The van der Waals surface area contributed by atoms with Crippen LogP contribution in [0.1, 0.15) is 21.3 Å². The molecule has 0 radical (unpaired) electrons. The lowest BCUT2D eigenvalue weighted by molar-refractivity contribution is 0.0942. The Bertz CT molecular complexity index is 789. The first-order valence-electron chi connectivity index (χ1n) is 7.71. The second-order valence-electron chi connectivity index (χ2n) is 5.80. The Morgan fingerprint density at radius 1 is 1.33 bits per heavy atom. The van der Waals surface area contributed by atoms with E-state index in [9.17, 15) is 4.79 Å². The molecule has 126 valence electrons. The van der Waals surface area contributed by atoms with Gasteiger partial charge in [-0.15, -0.1) is 11.3 Å². The van der Waals surface area contributed by atoms with E-state index in [0.29, 0.717) is 12.1 Å². The zero-order chi connectivity index (χ0) is 17.1. The molecule has 3 heterocycles. The van der Waals surface area contributed by atoms with Crippen LogP contribution in [0, 0.1) is 0 Å². The molecule has 24 heavy (non-hydrogen) atoms. The second kappa shape index (κ2) is 7.02. The van der Waals surface area contributed by atoms with Gasteiger partial charge in [-0.05, 0) is 37.7 Å². The van der Waals surface area contributed by atoms with Crippen LogP contribution in [0.15, 0.2) is 48.2 Å². The molecule has 0 aliphatic heterocycles. The number of hydrogen-bond donors (Lipinski definition) is 1. The maximum absolute atomic E-state index is 12.7. The summed E-state index contributed by atoms with van der Waals surface area (Å²) in [6.45, 7) is 0.548. The van der Waals surface area contributed by atoms with Crippen LogP contribution < -0.4 is 5.32 Å². The van der Waals surface area contributed by atoms with Gasteiger partial charge in [-0.3, -0.25) is 9.48 Å². The maximum Gasteiger partial charge on any atom is 0.256 e. The lowest BCUT2D eigenvalue weighted by atomic mass is 10.2. The van der Waals surface area contributed by atoms with Gasteiger partial charge in [0.2, 0.25) is 0 Å². The molecule has 0 aliphatic rings. The zero-order valence-electron chi connectivity index (χ0n) is 14.0. The molecule has 6 nitrogen and oxygen atoms in total. The maximum atomic E-state index is 12.7. The molecule has 1 atom stereocenters. The van der Waals surface area contributed by atoms with Gasteiger partial charge in [-0.1, -0.05) is 6.07 Å². The number of aryl methyl sites for hydroxylation is 1. The fourth-order valence-corrected chi connectivity index (χ4v) is 3.60.